The molecule has 1 atom stereocenters. The molecule has 1 N–H and O–H groups in total. The van der Waals surface area contributed by atoms with Gasteiger partial charge in [-0.15, -0.1) is 0 Å². The molecule has 0 saturated carbocycles. The molecule has 0 spiro atoms. The van der Waals surface area contributed by atoms with E-state index in [0.29, 0.717) is 17.9 Å². The van der Waals surface area contributed by atoms with E-state index in [-0.39, 0.29) is 12.0 Å². The molecule has 1 fully saturated rings. The minimum atomic E-state index is 0.0111. The first-order valence-corrected chi connectivity index (χ1v) is 7.66. The van der Waals surface area contributed by atoms with Gasteiger partial charge in [0, 0.05) is 37.4 Å². The van der Waals surface area contributed by atoms with Crippen LogP contribution in [0, 0.1) is 0 Å². The van der Waals surface area contributed by atoms with Crippen LogP contribution in [0.2, 0.25) is 0 Å². The third-order valence-corrected chi connectivity index (χ3v) is 3.83. The van der Waals surface area contributed by atoms with Crippen LogP contribution in [0.5, 0.6) is 0 Å². The Bertz CT molecular complexity index is 481. The highest BCUT2D eigenvalue weighted by molar-refractivity contribution is 9.10. The van der Waals surface area contributed by atoms with E-state index in [0.717, 1.165) is 30.4 Å². The van der Waals surface area contributed by atoms with Crippen LogP contribution < -0.4 is 5.32 Å². The third kappa shape index (κ3) is 3.49. The molecule has 0 aliphatic carbocycles. The van der Waals surface area contributed by atoms with Gasteiger partial charge < -0.3 is 15.0 Å². The second kappa shape index (κ2) is 7.04. The van der Waals surface area contributed by atoms with Crippen molar-refractivity contribution in [2.24, 2.45) is 0 Å². The molecule has 1 aliphatic rings. The fraction of sp³-hybridized carbons (Fsp3) is 0.571. The van der Waals surface area contributed by atoms with E-state index in [1.165, 1.54) is 0 Å². The van der Waals surface area contributed by atoms with Crippen LogP contribution >= 0.6 is 15.9 Å². The number of pyridine rings is 1. The molecule has 1 unspecified atom stereocenters. The van der Waals surface area contributed by atoms with Crippen molar-refractivity contribution in [1.29, 1.82) is 0 Å². The number of halogens is 1. The second-order valence-electron chi connectivity index (χ2n) is 4.87. The van der Waals surface area contributed by atoms with Crippen LogP contribution in [0.3, 0.4) is 0 Å². The molecular formula is C14H20BrN3O2. The summed E-state index contributed by atoms with van der Waals surface area (Å²) in [7, 11) is 1.69. The molecule has 2 heterocycles. The van der Waals surface area contributed by atoms with Gasteiger partial charge in [-0.3, -0.25) is 4.79 Å². The number of methoxy groups -OCH3 is 1. The Hall–Kier alpha value is -1.14. The molecule has 20 heavy (non-hydrogen) atoms. The maximum Gasteiger partial charge on any atom is 0.257 e. The fourth-order valence-electron chi connectivity index (χ4n) is 2.26. The van der Waals surface area contributed by atoms with Crippen LogP contribution in [0.15, 0.2) is 16.7 Å². The molecule has 5 nitrogen and oxygen atoms in total. The Kier molecular flexibility index (Phi) is 5.37. The van der Waals surface area contributed by atoms with Gasteiger partial charge >= 0.3 is 0 Å². The van der Waals surface area contributed by atoms with Gasteiger partial charge in [-0.25, -0.2) is 4.98 Å². The number of amides is 1. The summed E-state index contributed by atoms with van der Waals surface area (Å²) >= 11 is 3.38. The molecule has 1 aromatic rings. The van der Waals surface area contributed by atoms with Crippen molar-refractivity contribution in [1.82, 2.24) is 9.88 Å². The summed E-state index contributed by atoms with van der Waals surface area (Å²) in [5.41, 5.74) is 0.615. The van der Waals surface area contributed by atoms with Crippen molar-refractivity contribution in [3.8, 4) is 0 Å². The number of rotatable bonds is 5. The SMILES string of the molecule is CCCNc1ncc(Br)cc1C(=O)N1CCC(OC)C1. The van der Waals surface area contributed by atoms with E-state index < -0.39 is 0 Å². The zero-order valence-corrected chi connectivity index (χ0v) is 13.4. The molecule has 1 aromatic heterocycles. The van der Waals surface area contributed by atoms with Gasteiger partial charge in [-0.2, -0.15) is 0 Å². The number of carbonyl (C=O) groups is 1. The summed E-state index contributed by atoms with van der Waals surface area (Å²) in [6.45, 7) is 4.26. The molecular weight excluding hydrogens is 322 g/mol. The van der Waals surface area contributed by atoms with E-state index >= 15 is 0 Å². The molecule has 0 bridgehead atoms. The van der Waals surface area contributed by atoms with Crippen molar-refractivity contribution < 1.29 is 9.53 Å². The Morgan fingerprint density at radius 3 is 3.10 bits per heavy atom. The monoisotopic (exact) mass is 341 g/mol. The van der Waals surface area contributed by atoms with Gasteiger partial charge in [0.2, 0.25) is 0 Å². The van der Waals surface area contributed by atoms with Crippen molar-refractivity contribution in [3.63, 3.8) is 0 Å². The second-order valence-corrected chi connectivity index (χ2v) is 5.79. The average Bonchev–Trinajstić information content (AvgIpc) is 2.94. The first-order valence-electron chi connectivity index (χ1n) is 6.87. The lowest BCUT2D eigenvalue weighted by molar-refractivity contribution is 0.0724. The van der Waals surface area contributed by atoms with Gasteiger partial charge in [0.25, 0.3) is 5.91 Å². The van der Waals surface area contributed by atoms with Crippen molar-refractivity contribution in [2.45, 2.75) is 25.9 Å². The van der Waals surface area contributed by atoms with Crippen LogP contribution in [0.1, 0.15) is 30.1 Å². The molecule has 1 saturated heterocycles. The number of hydrogen-bond donors (Lipinski definition) is 1. The molecule has 0 radical (unpaired) electrons. The highest BCUT2D eigenvalue weighted by atomic mass is 79.9. The summed E-state index contributed by atoms with van der Waals surface area (Å²) in [6.07, 6.45) is 3.73. The normalized spacial score (nSPS) is 18.4. The molecule has 6 heteroatoms. The predicted molar refractivity (Wildman–Crippen MR) is 82.0 cm³/mol. The standard InChI is InChI=1S/C14H20BrN3O2/c1-3-5-16-13-12(7-10(15)8-17-13)14(19)18-6-4-11(9-18)20-2/h7-8,11H,3-6,9H2,1-2H3,(H,16,17). The minimum absolute atomic E-state index is 0.0111. The van der Waals surface area contributed by atoms with Crippen molar-refractivity contribution >= 4 is 27.7 Å². The summed E-state index contributed by atoms with van der Waals surface area (Å²) < 4.78 is 6.12. The van der Waals surface area contributed by atoms with Gasteiger partial charge in [-0.05, 0) is 34.8 Å². The Morgan fingerprint density at radius 1 is 1.65 bits per heavy atom. The fourth-order valence-corrected chi connectivity index (χ4v) is 2.59. The van der Waals surface area contributed by atoms with E-state index in [1.807, 2.05) is 11.0 Å². The zero-order valence-electron chi connectivity index (χ0n) is 11.9. The van der Waals surface area contributed by atoms with E-state index in [4.69, 9.17) is 4.74 Å². The lowest BCUT2D eigenvalue weighted by atomic mass is 10.2. The first kappa shape index (κ1) is 15.3. The number of aromatic nitrogens is 1. The van der Waals surface area contributed by atoms with Gasteiger partial charge in [-0.1, -0.05) is 6.92 Å². The van der Waals surface area contributed by atoms with Gasteiger partial charge in [0.1, 0.15) is 5.82 Å². The minimum Gasteiger partial charge on any atom is -0.380 e. The molecule has 0 aromatic carbocycles. The summed E-state index contributed by atoms with van der Waals surface area (Å²) in [4.78, 5) is 18.8. The summed E-state index contributed by atoms with van der Waals surface area (Å²) in [5, 5.41) is 3.21. The summed E-state index contributed by atoms with van der Waals surface area (Å²) in [5.74, 6) is 0.665. The first-order chi connectivity index (χ1) is 9.65. The van der Waals surface area contributed by atoms with Crippen LogP contribution in [-0.4, -0.2) is 48.6 Å². The Morgan fingerprint density at radius 2 is 2.45 bits per heavy atom. The third-order valence-electron chi connectivity index (χ3n) is 3.39. The Labute approximate surface area is 127 Å². The van der Waals surface area contributed by atoms with E-state index in [2.05, 4.69) is 33.2 Å². The number of hydrogen-bond acceptors (Lipinski definition) is 4. The highest BCUT2D eigenvalue weighted by Crippen LogP contribution is 2.22. The largest absolute Gasteiger partial charge is 0.380 e. The van der Waals surface area contributed by atoms with Gasteiger partial charge in [0.15, 0.2) is 0 Å². The number of nitrogens with zero attached hydrogens (tertiary/aromatic N) is 2. The van der Waals surface area contributed by atoms with E-state index in [1.54, 1.807) is 13.3 Å². The number of nitrogens with one attached hydrogen (secondary N) is 1. The number of carbonyl (C=O) groups excluding carboxylic acids is 1. The quantitative estimate of drug-likeness (QED) is 0.894. The predicted octanol–water partition coefficient (Wildman–Crippen LogP) is 2.53. The number of ether oxygens (including phenoxy) is 1. The van der Waals surface area contributed by atoms with E-state index in [9.17, 15) is 4.79 Å². The topological polar surface area (TPSA) is 54.5 Å². The van der Waals surface area contributed by atoms with Crippen LogP contribution in [0.4, 0.5) is 5.82 Å². The Balaban J connectivity index is 2.17. The molecule has 110 valence electrons. The zero-order chi connectivity index (χ0) is 14.5. The van der Waals surface area contributed by atoms with Gasteiger partial charge in [0.05, 0.1) is 11.7 Å². The maximum atomic E-state index is 12.6. The maximum absolute atomic E-state index is 12.6. The number of likely N-dealkylation sites (tertiary alicyclic amines) is 1. The lowest BCUT2D eigenvalue weighted by Crippen LogP contribution is -2.30. The highest BCUT2D eigenvalue weighted by Gasteiger charge is 2.28. The number of anilines is 1. The lowest BCUT2D eigenvalue weighted by Gasteiger charge is -2.18. The van der Waals surface area contributed by atoms with Crippen molar-refractivity contribution in [3.05, 3.63) is 22.3 Å². The van der Waals surface area contributed by atoms with Crippen molar-refractivity contribution in [2.75, 3.05) is 32.1 Å². The van der Waals surface area contributed by atoms with Crippen LogP contribution in [-0.2, 0) is 4.74 Å². The van der Waals surface area contributed by atoms with Crippen LogP contribution in [0.25, 0.3) is 0 Å². The smallest absolute Gasteiger partial charge is 0.257 e. The molecule has 1 amide bonds. The molecule has 1 aliphatic heterocycles. The summed E-state index contributed by atoms with van der Waals surface area (Å²) in [6, 6.07) is 1.83. The molecule has 2 rings (SSSR count). The average molecular weight is 342 g/mol.